The fraction of sp³-hybridized carbons (Fsp3) is 0.143. The van der Waals surface area contributed by atoms with Gasteiger partial charge in [-0.15, -0.1) is 5.10 Å². The number of nitrogen functional groups attached to an aromatic ring is 1. The van der Waals surface area contributed by atoms with Crippen molar-refractivity contribution in [1.82, 2.24) is 14.6 Å². The number of anilines is 1. The fourth-order valence-electron chi connectivity index (χ4n) is 1.04. The van der Waals surface area contributed by atoms with Gasteiger partial charge in [-0.05, 0) is 11.6 Å². The first-order valence-corrected chi connectivity index (χ1v) is 3.51. The van der Waals surface area contributed by atoms with Crippen LogP contribution >= 0.6 is 0 Å². The standard InChI is InChI=1S/C7H8N4O/c8-7-9-6-2-1-5(4-12)3-11(6)10-7/h1-3,12H,4H2,(H2,8,10). The predicted octanol–water partition coefficient (Wildman–Crippen LogP) is -0.196. The average molecular weight is 164 g/mol. The number of rotatable bonds is 1. The van der Waals surface area contributed by atoms with Crippen molar-refractivity contribution in [1.29, 1.82) is 0 Å². The van der Waals surface area contributed by atoms with Crippen LogP contribution in [0.3, 0.4) is 0 Å². The van der Waals surface area contributed by atoms with Crippen LogP contribution < -0.4 is 5.73 Å². The molecule has 0 spiro atoms. The summed E-state index contributed by atoms with van der Waals surface area (Å²) in [6.45, 7) is -0.00426. The Morgan fingerprint density at radius 1 is 1.50 bits per heavy atom. The Balaban J connectivity index is 2.66. The molecule has 12 heavy (non-hydrogen) atoms. The molecule has 0 fully saturated rings. The van der Waals surface area contributed by atoms with Crippen LogP contribution in [0.2, 0.25) is 0 Å². The van der Waals surface area contributed by atoms with Gasteiger partial charge < -0.3 is 10.8 Å². The van der Waals surface area contributed by atoms with Gasteiger partial charge in [0.05, 0.1) is 6.61 Å². The van der Waals surface area contributed by atoms with E-state index in [9.17, 15) is 0 Å². The molecule has 2 aromatic heterocycles. The highest BCUT2D eigenvalue weighted by Crippen LogP contribution is 2.05. The van der Waals surface area contributed by atoms with Crippen LogP contribution in [0.5, 0.6) is 0 Å². The van der Waals surface area contributed by atoms with Gasteiger partial charge in [0.1, 0.15) is 0 Å². The molecule has 0 unspecified atom stereocenters. The predicted molar refractivity (Wildman–Crippen MR) is 43.3 cm³/mol. The van der Waals surface area contributed by atoms with E-state index < -0.39 is 0 Å². The summed E-state index contributed by atoms with van der Waals surface area (Å²) in [5.41, 5.74) is 6.85. The molecule has 0 aliphatic carbocycles. The maximum atomic E-state index is 8.81. The molecule has 5 nitrogen and oxygen atoms in total. The van der Waals surface area contributed by atoms with Gasteiger partial charge in [-0.3, -0.25) is 0 Å². The van der Waals surface area contributed by atoms with Gasteiger partial charge in [0.15, 0.2) is 5.65 Å². The van der Waals surface area contributed by atoms with Crippen molar-refractivity contribution >= 4 is 11.6 Å². The van der Waals surface area contributed by atoms with E-state index in [4.69, 9.17) is 10.8 Å². The van der Waals surface area contributed by atoms with Crippen LogP contribution in [0.1, 0.15) is 5.56 Å². The third-order valence-corrected chi connectivity index (χ3v) is 1.59. The van der Waals surface area contributed by atoms with Crippen molar-refractivity contribution in [3.63, 3.8) is 0 Å². The number of aliphatic hydroxyl groups excluding tert-OH is 1. The Morgan fingerprint density at radius 2 is 2.33 bits per heavy atom. The van der Waals surface area contributed by atoms with E-state index in [1.807, 2.05) is 0 Å². The molecule has 0 saturated carbocycles. The summed E-state index contributed by atoms with van der Waals surface area (Å²) >= 11 is 0. The SMILES string of the molecule is Nc1nc2ccc(CO)cn2n1. The lowest BCUT2D eigenvalue weighted by molar-refractivity contribution is 0.281. The number of aromatic nitrogens is 3. The monoisotopic (exact) mass is 164 g/mol. The zero-order valence-corrected chi connectivity index (χ0v) is 6.31. The number of hydrogen-bond donors (Lipinski definition) is 2. The molecule has 0 aliphatic rings. The van der Waals surface area contributed by atoms with E-state index in [1.165, 1.54) is 0 Å². The van der Waals surface area contributed by atoms with Crippen molar-refractivity contribution < 1.29 is 5.11 Å². The lowest BCUT2D eigenvalue weighted by atomic mass is 10.3. The molecule has 2 aromatic rings. The van der Waals surface area contributed by atoms with Crippen molar-refractivity contribution in [2.45, 2.75) is 6.61 Å². The highest BCUT2D eigenvalue weighted by atomic mass is 16.3. The maximum absolute atomic E-state index is 8.81. The van der Waals surface area contributed by atoms with E-state index in [0.717, 1.165) is 5.56 Å². The summed E-state index contributed by atoms with van der Waals surface area (Å²) in [4.78, 5) is 3.94. The maximum Gasteiger partial charge on any atom is 0.240 e. The molecule has 0 bridgehead atoms. The minimum atomic E-state index is -0.00426. The first kappa shape index (κ1) is 7.05. The minimum absolute atomic E-state index is 0.00426. The van der Waals surface area contributed by atoms with Crippen molar-refractivity contribution in [3.05, 3.63) is 23.9 Å². The number of nitrogens with two attached hydrogens (primary N) is 1. The van der Waals surface area contributed by atoms with E-state index in [1.54, 1.807) is 22.8 Å². The Kier molecular flexibility index (Phi) is 1.44. The highest BCUT2D eigenvalue weighted by molar-refractivity contribution is 5.42. The normalized spacial score (nSPS) is 10.8. The van der Waals surface area contributed by atoms with Crippen LogP contribution in [-0.4, -0.2) is 19.7 Å². The van der Waals surface area contributed by atoms with Gasteiger partial charge in [0, 0.05) is 6.20 Å². The number of hydrogen-bond acceptors (Lipinski definition) is 4. The zero-order valence-electron chi connectivity index (χ0n) is 6.31. The fourth-order valence-corrected chi connectivity index (χ4v) is 1.04. The number of nitrogens with zero attached hydrogens (tertiary/aromatic N) is 3. The van der Waals surface area contributed by atoms with Crippen LogP contribution in [0.15, 0.2) is 18.3 Å². The lowest BCUT2D eigenvalue weighted by Crippen LogP contribution is -1.92. The van der Waals surface area contributed by atoms with Crippen LogP contribution in [0.4, 0.5) is 5.95 Å². The molecule has 2 rings (SSSR count). The molecule has 0 atom stereocenters. The topological polar surface area (TPSA) is 76.4 Å². The number of aliphatic hydroxyl groups is 1. The Bertz CT molecular complexity index is 409. The second-order valence-corrected chi connectivity index (χ2v) is 2.47. The van der Waals surface area contributed by atoms with Crippen LogP contribution in [0, 0.1) is 0 Å². The van der Waals surface area contributed by atoms with Gasteiger partial charge in [-0.25, -0.2) is 4.52 Å². The average Bonchev–Trinajstić information content (AvgIpc) is 2.43. The van der Waals surface area contributed by atoms with Gasteiger partial charge in [-0.1, -0.05) is 6.07 Å². The molecule has 0 saturated heterocycles. The second kappa shape index (κ2) is 2.46. The van der Waals surface area contributed by atoms with Gasteiger partial charge in [-0.2, -0.15) is 4.98 Å². The molecule has 0 aliphatic heterocycles. The largest absolute Gasteiger partial charge is 0.392 e. The van der Waals surface area contributed by atoms with Crippen molar-refractivity contribution in [2.75, 3.05) is 5.73 Å². The highest BCUT2D eigenvalue weighted by Gasteiger charge is 1.99. The molecule has 0 aromatic carbocycles. The molecule has 0 radical (unpaired) electrons. The first-order valence-electron chi connectivity index (χ1n) is 3.51. The summed E-state index contributed by atoms with van der Waals surface area (Å²) in [7, 11) is 0. The Morgan fingerprint density at radius 3 is 3.08 bits per heavy atom. The van der Waals surface area contributed by atoms with E-state index in [2.05, 4.69) is 10.1 Å². The molecular formula is C7H8N4O. The summed E-state index contributed by atoms with van der Waals surface area (Å²) in [6, 6.07) is 3.54. The lowest BCUT2D eigenvalue weighted by Gasteiger charge is -1.94. The van der Waals surface area contributed by atoms with Gasteiger partial charge in [0.2, 0.25) is 5.95 Å². The van der Waals surface area contributed by atoms with Crippen LogP contribution in [-0.2, 0) is 6.61 Å². The summed E-state index contributed by atoms with van der Waals surface area (Å²) in [6.07, 6.45) is 1.69. The smallest absolute Gasteiger partial charge is 0.240 e. The summed E-state index contributed by atoms with van der Waals surface area (Å²) in [5, 5.41) is 12.7. The second-order valence-electron chi connectivity index (χ2n) is 2.47. The Hall–Kier alpha value is -1.62. The van der Waals surface area contributed by atoms with Gasteiger partial charge >= 0.3 is 0 Å². The van der Waals surface area contributed by atoms with Gasteiger partial charge in [0.25, 0.3) is 0 Å². The third kappa shape index (κ3) is 0.998. The van der Waals surface area contributed by atoms with E-state index >= 15 is 0 Å². The quantitative estimate of drug-likeness (QED) is 0.612. The van der Waals surface area contributed by atoms with E-state index in [0.29, 0.717) is 5.65 Å². The van der Waals surface area contributed by atoms with E-state index in [-0.39, 0.29) is 12.6 Å². The Labute approximate surface area is 68.5 Å². The zero-order chi connectivity index (χ0) is 8.55. The van der Waals surface area contributed by atoms with Crippen LogP contribution in [0.25, 0.3) is 5.65 Å². The molecule has 3 N–H and O–H groups in total. The molecule has 0 amide bonds. The molecular weight excluding hydrogens is 156 g/mol. The molecule has 2 heterocycles. The minimum Gasteiger partial charge on any atom is -0.392 e. The van der Waals surface area contributed by atoms with Crippen molar-refractivity contribution in [2.24, 2.45) is 0 Å². The summed E-state index contributed by atoms with van der Waals surface area (Å²) < 4.78 is 1.54. The third-order valence-electron chi connectivity index (χ3n) is 1.59. The summed E-state index contributed by atoms with van der Waals surface area (Å²) in [5.74, 6) is 0.241. The first-order chi connectivity index (χ1) is 5.79. The number of pyridine rings is 1. The molecule has 5 heteroatoms. The van der Waals surface area contributed by atoms with Crippen molar-refractivity contribution in [3.8, 4) is 0 Å². The molecule has 62 valence electrons. The number of fused-ring (bicyclic) bond motifs is 1.